The van der Waals surface area contributed by atoms with Gasteiger partial charge in [-0.05, 0) is 68.3 Å². The molecule has 0 aliphatic carbocycles. The minimum Gasteiger partial charge on any atom is -0.381 e. The Labute approximate surface area is 135 Å². The molecule has 0 atom stereocenters. The fraction of sp³-hybridized carbons (Fsp3) is 0.0714. The van der Waals surface area contributed by atoms with E-state index in [9.17, 15) is 0 Å². The summed E-state index contributed by atoms with van der Waals surface area (Å²) < 4.78 is 2.51. The molecule has 7 heteroatoms. The van der Waals surface area contributed by atoms with Crippen LogP contribution in [0.5, 0.6) is 0 Å². The van der Waals surface area contributed by atoms with E-state index >= 15 is 0 Å². The second-order valence-electron chi connectivity index (χ2n) is 4.40. The largest absolute Gasteiger partial charge is 0.381 e. The first-order valence-electron chi connectivity index (χ1n) is 6.23. The number of rotatable bonds is 4. The van der Waals surface area contributed by atoms with E-state index < -0.39 is 0 Å². The van der Waals surface area contributed by atoms with Gasteiger partial charge < -0.3 is 5.32 Å². The molecular weight excluding hydrogens is 354 g/mol. The van der Waals surface area contributed by atoms with Gasteiger partial charge in [-0.1, -0.05) is 17.7 Å². The Bertz CT molecular complexity index is 728. The Morgan fingerprint density at radius 2 is 1.95 bits per heavy atom. The van der Waals surface area contributed by atoms with Gasteiger partial charge in [-0.25, -0.2) is 4.68 Å². The highest BCUT2D eigenvalue weighted by molar-refractivity contribution is 9.10. The molecule has 0 fully saturated rings. The summed E-state index contributed by atoms with van der Waals surface area (Å²) in [5, 5.41) is 15.1. The minimum absolute atomic E-state index is 0.713. The van der Waals surface area contributed by atoms with Crippen molar-refractivity contribution in [2.24, 2.45) is 0 Å². The number of aromatic nitrogens is 4. The molecule has 0 saturated carbocycles. The van der Waals surface area contributed by atoms with Crippen LogP contribution >= 0.6 is 27.5 Å². The molecule has 3 rings (SSSR count). The summed E-state index contributed by atoms with van der Waals surface area (Å²) in [5.41, 5.74) is 3.09. The van der Waals surface area contributed by atoms with Crippen molar-refractivity contribution in [3.8, 4) is 5.69 Å². The molecule has 0 amide bonds. The van der Waals surface area contributed by atoms with Crippen molar-refractivity contribution in [3.05, 3.63) is 63.9 Å². The zero-order valence-corrected chi connectivity index (χ0v) is 13.2. The van der Waals surface area contributed by atoms with Gasteiger partial charge in [-0.15, -0.1) is 5.10 Å². The van der Waals surface area contributed by atoms with Gasteiger partial charge in [0.05, 0.1) is 10.7 Å². The Hall–Kier alpha value is -1.92. The summed E-state index contributed by atoms with van der Waals surface area (Å²) in [5.74, 6) is 0. The SMILES string of the molecule is Clc1ccc(CNc2ccc(-n3cnnn3)cc2)cc1Br. The lowest BCUT2D eigenvalue weighted by Gasteiger charge is -2.08. The van der Waals surface area contributed by atoms with Crippen LogP contribution in [0.4, 0.5) is 5.69 Å². The molecule has 106 valence electrons. The zero-order valence-electron chi connectivity index (χ0n) is 10.9. The molecular formula is C14H11BrClN5. The fourth-order valence-corrected chi connectivity index (χ4v) is 2.41. The van der Waals surface area contributed by atoms with Crippen LogP contribution < -0.4 is 5.32 Å². The molecule has 1 heterocycles. The number of anilines is 1. The molecule has 0 aliphatic heterocycles. The Balaban J connectivity index is 1.66. The molecule has 5 nitrogen and oxygen atoms in total. The van der Waals surface area contributed by atoms with Crippen molar-refractivity contribution in [3.63, 3.8) is 0 Å². The highest BCUT2D eigenvalue weighted by atomic mass is 79.9. The van der Waals surface area contributed by atoms with Crippen LogP contribution in [0.3, 0.4) is 0 Å². The molecule has 1 N–H and O–H groups in total. The third kappa shape index (κ3) is 3.40. The van der Waals surface area contributed by atoms with Gasteiger partial charge in [0.2, 0.25) is 0 Å². The first-order chi connectivity index (χ1) is 10.2. The van der Waals surface area contributed by atoms with E-state index in [4.69, 9.17) is 11.6 Å². The van der Waals surface area contributed by atoms with Crippen molar-refractivity contribution in [1.82, 2.24) is 20.2 Å². The molecule has 0 spiro atoms. The standard InChI is InChI=1S/C14H11BrClN5/c15-13-7-10(1-6-14(13)16)8-17-11-2-4-12(5-3-11)21-9-18-19-20-21/h1-7,9,17H,8H2. The topological polar surface area (TPSA) is 55.6 Å². The second kappa shape index (κ2) is 6.24. The smallest absolute Gasteiger partial charge is 0.143 e. The number of hydrogen-bond acceptors (Lipinski definition) is 4. The molecule has 0 aliphatic rings. The number of tetrazole rings is 1. The fourth-order valence-electron chi connectivity index (χ4n) is 1.87. The summed E-state index contributed by atoms with van der Waals surface area (Å²) in [6.07, 6.45) is 1.56. The number of halogens is 2. The van der Waals surface area contributed by atoms with Gasteiger partial charge in [0.15, 0.2) is 0 Å². The van der Waals surface area contributed by atoms with Gasteiger partial charge in [-0.3, -0.25) is 0 Å². The van der Waals surface area contributed by atoms with E-state index in [0.717, 1.165) is 28.0 Å². The minimum atomic E-state index is 0.713. The molecule has 0 radical (unpaired) electrons. The Morgan fingerprint density at radius 3 is 2.62 bits per heavy atom. The van der Waals surface area contributed by atoms with Crippen LogP contribution in [0.25, 0.3) is 5.69 Å². The normalized spacial score (nSPS) is 10.6. The van der Waals surface area contributed by atoms with E-state index in [0.29, 0.717) is 5.02 Å². The summed E-state index contributed by atoms with van der Waals surface area (Å²) in [4.78, 5) is 0. The van der Waals surface area contributed by atoms with Gasteiger partial charge in [0.25, 0.3) is 0 Å². The molecule has 21 heavy (non-hydrogen) atoms. The predicted octanol–water partition coefficient (Wildman–Crippen LogP) is 3.69. The van der Waals surface area contributed by atoms with E-state index in [1.807, 2.05) is 42.5 Å². The predicted molar refractivity (Wildman–Crippen MR) is 85.6 cm³/mol. The molecule has 2 aromatic carbocycles. The molecule has 0 bridgehead atoms. The quantitative estimate of drug-likeness (QED) is 0.767. The maximum absolute atomic E-state index is 5.98. The highest BCUT2D eigenvalue weighted by Gasteiger charge is 2.01. The van der Waals surface area contributed by atoms with Crippen molar-refractivity contribution < 1.29 is 0 Å². The Kier molecular flexibility index (Phi) is 4.17. The number of benzene rings is 2. The van der Waals surface area contributed by atoms with E-state index in [1.165, 1.54) is 0 Å². The maximum atomic E-state index is 5.98. The first-order valence-corrected chi connectivity index (χ1v) is 7.41. The third-order valence-corrected chi connectivity index (χ3v) is 4.18. The van der Waals surface area contributed by atoms with Crippen LogP contribution in [0.1, 0.15) is 5.56 Å². The van der Waals surface area contributed by atoms with Crippen LogP contribution in [-0.2, 0) is 6.54 Å². The molecule has 3 aromatic rings. The molecule has 1 aromatic heterocycles. The van der Waals surface area contributed by atoms with Crippen molar-refractivity contribution in [2.45, 2.75) is 6.54 Å². The number of nitrogens with one attached hydrogen (secondary N) is 1. The zero-order chi connectivity index (χ0) is 14.7. The summed E-state index contributed by atoms with van der Waals surface area (Å²) in [7, 11) is 0. The first kappa shape index (κ1) is 14.0. The summed E-state index contributed by atoms with van der Waals surface area (Å²) in [6.45, 7) is 0.722. The van der Waals surface area contributed by atoms with Gasteiger partial charge in [0, 0.05) is 16.7 Å². The van der Waals surface area contributed by atoms with Crippen molar-refractivity contribution >= 4 is 33.2 Å². The van der Waals surface area contributed by atoms with E-state index in [1.54, 1.807) is 11.0 Å². The van der Waals surface area contributed by atoms with Crippen LogP contribution in [0.2, 0.25) is 5.02 Å². The summed E-state index contributed by atoms with van der Waals surface area (Å²) >= 11 is 9.40. The molecule has 0 unspecified atom stereocenters. The monoisotopic (exact) mass is 363 g/mol. The van der Waals surface area contributed by atoms with Crippen LogP contribution in [0.15, 0.2) is 53.3 Å². The number of hydrogen-bond donors (Lipinski definition) is 1. The average molecular weight is 365 g/mol. The van der Waals surface area contributed by atoms with E-state index in [2.05, 4.69) is 36.8 Å². The lowest BCUT2D eigenvalue weighted by molar-refractivity contribution is 0.789. The van der Waals surface area contributed by atoms with Crippen LogP contribution in [0, 0.1) is 0 Å². The van der Waals surface area contributed by atoms with Gasteiger partial charge in [-0.2, -0.15) is 0 Å². The highest BCUT2D eigenvalue weighted by Crippen LogP contribution is 2.23. The average Bonchev–Trinajstić information content (AvgIpc) is 3.03. The van der Waals surface area contributed by atoms with Gasteiger partial charge in [0.1, 0.15) is 6.33 Å². The van der Waals surface area contributed by atoms with Crippen LogP contribution in [-0.4, -0.2) is 20.2 Å². The van der Waals surface area contributed by atoms with E-state index in [-0.39, 0.29) is 0 Å². The third-order valence-electron chi connectivity index (χ3n) is 2.96. The number of nitrogens with zero attached hydrogens (tertiary/aromatic N) is 4. The second-order valence-corrected chi connectivity index (χ2v) is 5.66. The van der Waals surface area contributed by atoms with Gasteiger partial charge >= 0.3 is 0 Å². The van der Waals surface area contributed by atoms with Crippen molar-refractivity contribution in [2.75, 3.05) is 5.32 Å². The van der Waals surface area contributed by atoms with Crippen molar-refractivity contribution in [1.29, 1.82) is 0 Å². The maximum Gasteiger partial charge on any atom is 0.143 e. The lowest BCUT2D eigenvalue weighted by Crippen LogP contribution is -2.00. The molecule has 0 saturated heterocycles. The Morgan fingerprint density at radius 1 is 1.14 bits per heavy atom. The summed E-state index contributed by atoms with van der Waals surface area (Å²) in [6, 6.07) is 13.8. The lowest BCUT2D eigenvalue weighted by atomic mass is 10.2.